The second kappa shape index (κ2) is 6.00. The van der Waals surface area contributed by atoms with Gasteiger partial charge in [-0.25, -0.2) is 0 Å². The average molecular weight is 174 g/mol. The van der Waals surface area contributed by atoms with Crippen LogP contribution in [0, 0.1) is 0 Å². The van der Waals surface area contributed by atoms with Gasteiger partial charge in [-0.15, -0.1) is 0 Å². The maximum absolute atomic E-state index is 10.9. The van der Waals surface area contributed by atoms with E-state index >= 15 is 0 Å². The van der Waals surface area contributed by atoms with Crippen LogP contribution in [-0.4, -0.2) is 23.3 Å². The molecule has 1 N–H and O–H groups in total. The standard InChI is InChI=1S/C9H18O3/c1-7(2)12-9(11)6-4-5-8(3)10/h7-8,10H,4-6H2,1-3H3/t8-/m0/s1. The molecular weight excluding hydrogens is 156 g/mol. The second-order valence-electron chi connectivity index (χ2n) is 3.28. The molecule has 0 spiro atoms. The third kappa shape index (κ3) is 7.54. The van der Waals surface area contributed by atoms with Crippen molar-refractivity contribution < 1.29 is 14.6 Å². The van der Waals surface area contributed by atoms with Crippen molar-refractivity contribution in [2.75, 3.05) is 0 Å². The molecule has 0 aromatic rings. The minimum atomic E-state index is -0.322. The van der Waals surface area contributed by atoms with Crippen molar-refractivity contribution in [3.63, 3.8) is 0 Å². The highest BCUT2D eigenvalue weighted by Gasteiger charge is 2.05. The number of hydrogen-bond donors (Lipinski definition) is 1. The average Bonchev–Trinajstić information content (AvgIpc) is 1.84. The van der Waals surface area contributed by atoms with Crippen molar-refractivity contribution in [2.45, 2.75) is 52.2 Å². The van der Waals surface area contributed by atoms with E-state index < -0.39 is 0 Å². The Bertz CT molecular complexity index is 130. The van der Waals surface area contributed by atoms with Gasteiger partial charge in [0.15, 0.2) is 0 Å². The summed E-state index contributed by atoms with van der Waals surface area (Å²) >= 11 is 0. The van der Waals surface area contributed by atoms with Gasteiger partial charge in [0.25, 0.3) is 0 Å². The molecule has 3 heteroatoms. The molecule has 0 amide bonds. The molecule has 0 radical (unpaired) electrons. The van der Waals surface area contributed by atoms with Crippen molar-refractivity contribution in [1.29, 1.82) is 0 Å². The van der Waals surface area contributed by atoms with E-state index in [0.29, 0.717) is 19.3 Å². The van der Waals surface area contributed by atoms with Gasteiger partial charge in [-0.2, -0.15) is 0 Å². The van der Waals surface area contributed by atoms with Gasteiger partial charge in [0.1, 0.15) is 0 Å². The maximum atomic E-state index is 10.9. The molecular formula is C9H18O3. The van der Waals surface area contributed by atoms with Gasteiger partial charge < -0.3 is 9.84 Å². The molecule has 1 atom stereocenters. The molecule has 0 saturated carbocycles. The molecule has 0 aromatic heterocycles. The molecule has 3 nitrogen and oxygen atoms in total. The van der Waals surface area contributed by atoms with Crippen molar-refractivity contribution >= 4 is 5.97 Å². The van der Waals surface area contributed by atoms with E-state index in [1.165, 1.54) is 0 Å². The van der Waals surface area contributed by atoms with Crippen LogP contribution in [0.4, 0.5) is 0 Å². The highest BCUT2D eigenvalue weighted by atomic mass is 16.5. The van der Waals surface area contributed by atoms with E-state index in [1.54, 1.807) is 6.92 Å². The Hall–Kier alpha value is -0.570. The number of carbonyl (C=O) groups is 1. The minimum Gasteiger partial charge on any atom is -0.463 e. The molecule has 0 heterocycles. The lowest BCUT2D eigenvalue weighted by molar-refractivity contribution is -0.147. The molecule has 0 aliphatic carbocycles. The summed E-state index contributed by atoms with van der Waals surface area (Å²) in [6, 6.07) is 0. The van der Waals surface area contributed by atoms with Crippen LogP contribution in [0.5, 0.6) is 0 Å². The smallest absolute Gasteiger partial charge is 0.306 e. The molecule has 0 bridgehead atoms. The third-order valence-electron chi connectivity index (χ3n) is 1.37. The lowest BCUT2D eigenvalue weighted by Gasteiger charge is -2.07. The molecule has 0 rings (SSSR count). The fourth-order valence-corrected chi connectivity index (χ4v) is 0.864. The summed E-state index contributed by atoms with van der Waals surface area (Å²) in [5.74, 6) is -0.175. The molecule has 0 fully saturated rings. The van der Waals surface area contributed by atoms with Crippen molar-refractivity contribution in [3.05, 3.63) is 0 Å². The quantitative estimate of drug-likeness (QED) is 0.642. The Morgan fingerprint density at radius 1 is 1.42 bits per heavy atom. The Morgan fingerprint density at radius 2 is 2.00 bits per heavy atom. The van der Waals surface area contributed by atoms with Crippen LogP contribution in [-0.2, 0) is 9.53 Å². The second-order valence-corrected chi connectivity index (χ2v) is 3.28. The third-order valence-corrected chi connectivity index (χ3v) is 1.37. The van der Waals surface area contributed by atoms with Crippen molar-refractivity contribution in [3.8, 4) is 0 Å². The predicted octanol–water partition coefficient (Wildman–Crippen LogP) is 1.49. The Morgan fingerprint density at radius 3 is 2.42 bits per heavy atom. The van der Waals surface area contributed by atoms with E-state index in [1.807, 2.05) is 13.8 Å². The first kappa shape index (κ1) is 11.4. The molecule has 72 valence electrons. The van der Waals surface area contributed by atoms with E-state index in [0.717, 1.165) is 0 Å². The first-order valence-electron chi connectivity index (χ1n) is 4.40. The summed E-state index contributed by atoms with van der Waals surface area (Å²) in [7, 11) is 0. The van der Waals surface area contributed by atoms with Crippen molar-refractivity contribution in [2.24, 2.45) is 0 Å². The number of rotatable bonds is 5. The normalized spacial score (nSPS) is 13.1. The Balaban J connectivity index is 3.32. The zero-order chi connectivity index (χ0) is 9.56. The molecule has 0 saturated heterocycles. The van der Waals surface area contributed by atoms with Crippen LogP contribution < -0.4 is 0 Å². The number of hydrogen-bond acceptors (Lipinski definition) is 3. The zero-order valence-corrected chi connectivity index (χ0v) is 8.04. The van der Waals surface area contributed by atoms with Gasteiger partial charge in [-0.1, -0.05) is 0 Å². The Labute approximate surface area is 73.7 Å². The summed E-state index contributed by atoms with van der Waals surface area (Å²) < 4.78 is 4.91. The maximum Gasteiger partial charge on any atom is 0.306 e. The monoisotopic (exact) mass is 174 g/mol. The summed E-state index contributed by atoms with van der Waals surface area (Å²) in [4.78, 5) is 10.9. The summed E-state index contributed by atoms with van der Waals surface area (Å²) in [5.41, 5.74) is 0. The molecule has 0 aromatic carbocycles. The topological polar surface area (TPSA) is 46.5 Å². The van der Waals surface area contributed by atoms with Gasteiger partial charge in [0.05, 0.1) is 12.2 Å². The zero-order valence-electron chi connectivity index (χ0n) is 8.04. The van der Waals surface area contributed by atoms with Crippen LogP contribution in [0.15, 0.2) is 0 Å². The van der Waals surface area contributed by atoms with E-state index in [4.69, 9.17) is 9.84 Å². The largest absolute Gasteiger partial charge is 0.463 e. The molecule has 0 unspecified atom stereocenters. The highest BCUT2D eigenvalue weighted by Crippen LogP contribution is 2.02. The lowest BCUT2D eigenvalue weighted by Crippen LogP contribution is -2.11. The van der Waals surface area contributed by atoms with E-state index in [9.17, 15) is 4.79 Å². The van der Waals surface area contributed by atoms with Crippen LogP contribution in [0.25, 0.3) is 0 Å². The summed E-state index contributed by atoms with van der Waals surface area (Å²) in [6.07, 6.45) is 1.40. The van der Waals surface area contributed by atoms with Crippen molar-refractivity contribution in [1.82, 2.24) is 0 Å². The fourth-order valence-electron chi connectivity index (χ4n) is 0.864. The predicted molar refractivity (Wildman–Crippen MR) is 46.8 cm³/mol. The highest BCUT2D eigenvalue weighted by molar-refractivity contribution is 5.69. The first-order chi connectivity index (χ1) is 5.52. The number of esters is 1. The number of ether oxygens (including phenoxy) is 1. The van der Waals surface area contributed by atoms with Crippen LogP contribution >= 0.6 is 0 Å². The van der Waals surface area contributed by atoms with Gasteiger partial charge in [-0.05, 0) is 33.6 Å². The van der Waals surface area contributed by atoms with Gasteiger partial charge >= 0.3 is 5.97 Å². The molecule has 0 aliphatic heterocycles. The van der Waals surface area contributed by atoms with Gasteiger partial charge in [0, 0.05) is 6.42 Å². The van der Waals surface area contributed by atoms with Gasteiger partial charge in [0.2, 0.25) is 0 Å². The van der Waals surface area contributed by atoms with Crippen LogP contribution in [0.2, 0.25) is 0 Å². The number of aliphatic hydroxyl groups excluding tert-OH is 1. The molecule has 12 heavy (non-hydrogen) atoms. The SMILES string of the molecule is CC(C)OC(=O)CCC[C@H](C)O. The minimum absolute atomic E-state index is 0.0379. The fraction of sp³-hybridized carbons (Fsp3) is 0.889. The van der Waals surface area contributed by atoms with E-state index in [-0.39, 0.29) is 18.2 Å². The van der Waals surface area contributed by atoms with Crippen LogP contribution in [0.3, 0.4) is 0 Å². The van der Waals surface area contributed by atoms with Crippen LogP contribution in [0.1, 0.15) is 40.0 Å². The lowest BCUT2D eigenvalue weighted by atomic mass is 10.2. The molecule has 0 aliphatic rings. The summed E-state index contributed by atoms with van der Waals surface area (Å²) in [5, 5.41) is 8.90. The first-order valence-corrected chi connectivity index (χ1v) is 4.40. The van der Waals surface area contributed by atoms with E-state index in [2.05, 4.69) is 0 Å². The Kier molecular flexibility index (Phi) is 5.72. The summed E-state index contributed by atoms with van der Waals surface area (Å²) in [6.45, 7) is 5.37. The number of carbonyl (C=O) groups excluding carboxylic acids is 1. The van der Waals surface area contributed by atoms with Gasteiger partial charge in [-0.3, -0.25) is 4.79 Å². The number of aliphatic hydroxyl groups is 1.